The van der Waals surface area contributed by atoms with Crippen LogP contribution in [0.2, 0.25) is 0 Å². The minimum Gasteiger partial charge on any atom is -0.382 e. The van der Waals surface area contributed by atoms with Crippen molar-refractivity contribution in [3.63, 3.8) is 0 Å². The van der Waals surface area contributed by atoms with Gasteiger partial charge in [0.1, 0.15) is 17.8 Å². The summed E-state index contributed by atoms with van der Waals surface area (Å²) in [4.78, 5) is 8.82. The van der Waals surface area contributed by atoms with E-state index in [9.17, 15) is 23.7 Å². The normalized spacial score (nSPS) is 15.0. The summed E-state index contributed by atoms with van der Waals surface area (Å²) in [5, 5.41) is 36.4. The van der Waals surface area contributed by atoms with Crippen molar-refractivity contribution in [2.75, 3.05) is 17.2 Å². The van der Waals surface area contributed by atoms with E-state index in [4.69, 9.17) is 0 Å². The third-order valence-corrected chi connectivity index (χ3v) is 8.32. The predicted octanol–water partition coefficient (Wildman–Crippen LogP) is 6.83. The van der Waals surface area contributed by atoms with Gasteiger partial charge in [-0.25, -0.2) is 4.68 Å². The topological polar surface area (TPSA) is 128 Å². The molecule has 1 fully saturated rings. The molecule has 0 aliphatic heterocycles. The molecule has 6 rings (SSSR count). The summed E-state index contributed by atoms with van der Waals surface area (Å²) in [5.41, 5.74) is 1.32. The van der Waals surface area contributed by atoms with Crippen LogP contribution in [0.15, 0.2) is 61.1 Å². The lowest BCUT2D eigenvalue weighted by molar-refractivity contribution is -0.206. The van der Waals surface area contributed by atoms with Crippen molar-refractivity contribution in [3.8, 4) is 12.1 Å². The third kappa shape index (κ3) is 5.13. The highest BCUT2D eigenvalue weighted by atomic mass is 19.4. The Morgan fingerprint density at radius 1 is 1.02 bits per heavy atom. The summed E-state index contributed by atoms with van der Waals surface area (Å²) in [6.45, 7) is 3.80. The fourth-order valence-electron chi connectivity index (χ4n) is 5.10. The number of benzene rings is 2. The molecule has 0 amide bonds. The quantitative estimate of drug-likeness (QED) is 0.200. The van der Waals surface area contributed by atoms with Crippen molar-refractivity contribution in [3.05, 3.63) is 83.4 Å². The molecule has 1 atom stereocenters. The Balaban J connectivity index is 1.49. The number of anilines is 2. The molecule has 2 aromatic carbocycles. The second-order valence-electron chi connectivity index (χ2n) is 12.0. The molecule has 5 aromatic rings. The van der Waals surface area contributed by atoms with Crippen molar-refractivity contribution < 1.29 is 13.2 Å². The number of rotatable bonds is 8. The van der Waals surface area contributed by atoms with E-state index >= 15 is 0 Å². The predicted molar refractivity (Wildman–Crippen MR) is 160 cm³/mol. The smallest absolute Gasteiger partial charge is 0.382 e. The maximum atomic E-state index is 13.7. The van der Waals surface area contributed by atoms with Crippen LogP contribution in [-0.4, -0.2) is 37.7 Å². The van der Waals surface area contributed by atoms with Gasteiger partial charge in [-0.2, -0.15) is 23.7 Å². The second-order valence-corrected chi connectivity index (χ2v) is 12.0. The molecule has 2 N–H and O–H groups in total. The van der Waals surface area contributed by atoms with Crippen LogP contribution in [0.25, 0.3) is 21.8 Å². The highest BCUT2D eigenvalue weighted by molar-refractivity contribution is 5.99. The number of nitrogens with zero attached hydrogens (tertiary/aromatic N) is 7. The van der Waals surface area contributed by atoms with E-state index in [1.54, 1.807) is 18.3 Å². The molecule has 222 valence electrons. The summed E-state index contributed by atoms with van der Waals surface area (Å²) in [7, 11) is 0. The van der Waals surface area contributed by atoms with E-state index in [-0.39, 0.29) is 27.9 Å². The molecule has 3 aromatic heterocycles. The number of hydrogen-bond acceptors (Lipinski definition) is 8. The Kier molecular flexibility index (Phi) is 6.88. The fraction of sp³-hybridized carbons (Fsp3) is 0.312. The molecule has 0 saturated heterocycles. The molecule has 0 spiro atoms. The Labute approximate surface area is 251 Å². The summed E-state index contributed by atoms with van der Waals surface area (Å²) in [5.74, 6) is 0. The maximum absolute atomic E-state index is 13.7. The summed E-state index contributed by atoms with van der Waals surface area (Å²) >= 11 is 0. The second kappa shape index (κ2) is 10.5. The molecule has 1 unspecified atom stereocenters. The average molecular weight is 596 g/mol. The Bertz CT molecular complexity index is 1970. The van der Waals surface area contributed by atoms with Gasteiger partial charge in [0.25, 0.3) is 0 Å². The number of aromatic nitrogens is 5. The Morgan fingerprint density at radius 2 is 1.80 bits per heavy atom. The van der Waals surface area contributed by atoms with Crippen LogP contribution in [0, 0.1) is 28.1 Å². The molecular weight excluding hydrogens is 567 g/mol. The van der Waals surface area contributed by atoms with Gasteiger partial charge in [0.05, 0.1) is 51.0 Å². The van der Waals surface area contributed by atoms with Gasteiger partial charge in [-0.15, -0.1) is 5.10 Å². The van der Waals surface area contributed by atoms with Crippen LogP contribution < -0.4 is 10.6 Å². The SMILES string of the molecule is CC1(n2cc(C(Nc3cc(C#N)c4ncc(C#N)c(NCC(C)(C)C(F)(F)F)c4c3)c3cccc4ncccc34)nn2)CC1. The number of alkyl halides is 3. The van der Waals surface area contributed by atoms with Crippen molar-refractivity contribution in [1.82, 2.24) is 25.0 Å². The van der Waals surface area contributed by atoms with E-state index in [2.05, 4.69) is 43.9 Å². The van der Waals surface area contributed by atoms with Gasteiger partial charge in [0.2, 0.25) is 0 Å². The van der Waals surface area contributed by atoms with E-state index in [1.807, 2.05) is 47.3 Å². The van der Waals surface area contributed by atoms with Crippen molar-refractivity contribution in [2.24, 2.45) is 5.41 Å². The zero-order valence-corrected chi connectivity index (χ0v) is 24.2. The summed E-state index contributed by atoms with van der Waals surface area (Å²) in [6, 6.07) is 16.6. The Morgan fingerprint density at radius 3 is 2.50 bits per heavy atom. The number of fused-ring (bicyclic) bond motifs is 2. The third-order valence-electron chi connectivity index (χ3n) is 8.32. The van der Waals surface area contributed by atoms with Crippen LogP contribution in [0.4, 0.5) is 24.5 Å². The first kappa shape index (κ1) is 28.9. The largest absolute Gasteiger partial charge is 0.395 e. The van der Waals surface area contributed by atoms with Crippen LogP contribution >= 0.6 is 0 Å². The van der Waals surface area contributed by atoms with Crippen molar-refractivity contribution >= 4 is 33.2 Å². The number of halogens is 3. The van der Waals surface area contributed by atoms with Crippen molar-refractivity contribution in [2.45, 2.75) is 51.4 Å². The van der Waals surface area contributed by atoms with Crippen LogP contribution in [-0.2, 0) is 5.54 Å². The Hall–Kier alpha value is -5.23. The highest BCUT2D eigenvalue weighted by Crippen LogP contribution is 2.43. The lowest BCUT2D eigenvalue weighted by Gasteiger charge is -2.28. The standard InChI is InChI=1S/C32H28F3N9/c1-30(2,32(33,34)35)18-40-28-20(15-37)16-39-27-19(14-36)12-21(13-24(27)28)41-29(26-17-44(43-42-26)31(3)9-10-31)23-6-4-8-25-22(23)7-5-11-38-25/h4-8,11-13,16-17,29,41H,9-10,18H2,1-3H3,(H,39,40). The monoisotopic (exact) mass is 595 g/mol. The van der Waals surface area contributed by atoms with Gasteiger partial charge in [-0.3, -0.25) is 9.97 Å². The van der Waals surface area contributed by atoms with E-state index < -0.39 is 24.2 Å². The minimum absolute atomic E-state index is 0.0637. The lowest BCUT2D eigenvalue weighted by Crippen LogP contribution is -2.38. The first-order valence-corrected chi connectivity index (χ1v) is 14.0. The number of nitrogens with one attached hydrogen (secondary N) is 2. The van der Waals surface area contributed by atoms with Gasteiger partial charge in [-0.05, 0) is 63.4 Å². The number of nitriles is 2. The van der Waals surface area contributed by atoms with Gasteiger partial charge < -0.3 is 10.6 Å². The fourth-order valence-corrected chi connectivity index (χ4v) is 5.10. The number of hydrogen-bond donors (Lipinski definition) is 2. The molecule has 3 heterocycles. The molecule has 9 nitrogen and oxygen atoms in total. The van der Waals surface area contributed by atoms with Gasteiger partial charge in [0.15, 0.2) is 0 Å². The van der Waals surface area contributed by atoms with Crippen LogP contribution in [0.5, 0.6) is 0 Å². The van der Waals surface area contributed by atoms with E-state index in [0.29, 0.717) is 16.8 Å². The molecule has 1 saturated carbocycles. The van der Waals surface area contributed by atoms with Crippen molar-refractivity contribution in [1.29, 1.82) is 10.5 Å². The zero-order chi connectivity index (χ0) is 31.3. The van der Waals surface area contributed by atoms with Gasteiger partial charge in [0, 0.05) is 35.4 Å². The lowest BCUT2D eigenvalue weighted by atomic mass is 9.92. The minimum atomic E-state index is -4.48. The van der Waals surface area contributed by atoms with Crippen LogP contribution in [0.3, 0.4) is 0 Å². The number of pyridine rings is 2. The summed E-state index contributed by atoms with van der Waals surface area (Å²) in [6.07, 6.45) is 2.41. The first-order chi connectivity index (χ1) is 20.9. The van der Waals surface area contributed by atoms with E-state index in [1.165, 1.54) is 6.20 Å². The molecule has 0 bridgehead atoms. The average Bonchev–Trinajstić information content (AvgIpc) is 3.55. The molecular formula is C32H28F3N9. The maximum Gasteiger partial charge on any atom is 0.395 e. The molecule has 12 heteroatoms. The highest BCUT2D eigenvalue weighted by Gasteiger charge is 2.47. The zero-order valence-electron chi connectivity index (χ0n) is 24.2. The van der Waals surface area contributed by atoms with Crippen LogP contribution in [0.1, 0.15) is 62.0 Å². The molecule has 1 aliphatic carbocycles. The van der Waals surface area contributed by atoms with Gasteiger partial charge in [-0.1, -0.05) is 23.4 Å². The molecule has 0 radical (unpaired) electrons. The van der Waals surface area contributed by atoms with E-state index in [0.717, 1.165) is 43.2 Å². The molecule has 44 heavy (non-hydrogen) atoms. The molecule has 1 aliphatic rings. The first-order valence-electron chi connectivity index (χ1n) is 14.0. The van der Waals surface area contributed by atoms with Gasteiger partial charge >= 0.3 is 6.18 Å². The summed E-state index contributed by atoms with van der Waals surface area (Å²) < 4.78 is 42.9.